The minimum absolute atomic E-state index is 0.00650. The molecular formula is C16H18N4O6S. The first-order valence-electron chi connectivity index (χ1n) is 8.00. The number of azo groups is 1. The van der Waals surface area contributed by atoms with Gasteiger partial charge in [-0.3, -0.25) is 0 Å². The second kappa shape index (κ2) is 9.22. The molecule has 0 bridgehead atoms. The number of esters is 1. The fraction of sp³-hybridized carbons (Fsp3) is 0.375. The van der Waals surface area contributed by atoms with Crippen LogP contribution in [0, 0.1) is 11.3 Å². The maximum Gasteiger partial charge on any atom is 0.363 e. The van der Waals surface area contributed by atoms with Crippen molar-refractivity contribution in [2.75, 3.05) is 32.9 Å². The highest BCUT2D eigenvalue weighted by Gasteiger charge is 2.26. The molecule has 0 unspecified atom stereocenters. The molecule has 1 aliphatic heterocycles. The van der Waals surface area contributed by atoms with Gasteiger partial charge in [0.15, 0.2) is 0 Å². The third-order valence-corrected chi connectivity index (χ3v) is 5.38. The average Bonchev–Trinajstić information content (AvgIpc) is 2.69. The fourth-order valence-electron chi connectivity index (χ4n) is 2.19. The van der Waals surface area contributed by atoms with Crippen molar-refractivity contribution in [3.63, 3.8) is 0 Å². The van der Waals surface area contributed by atoms with E-state index in [0.717, 1.165) is 0 Å². The van der Waals surface area contributed by atoms with E-state index in [0.29, 0.717) is 13.2 Å². The van der Waals surface area contributed by atoms with Crippen LogP contribution in [-0.4, -0.2) is 56.7 Å². The number of carbonyl (C=O) groups excluding carboxylic acids is 1. The number of sulfonamides is 1. The van der Waals surface area contributed by atoms with E-state index in [1.807, 2.05) is 0 Å². The highest BCUT2D eigenvalue weighted by atomic mass is 32.2. The summed E-state index contributed by atoms with van der Waals surface area (Å²) in [5, 5.41) is 25.5. The van der Waals surface area contributed by atoms with Gasteiger partial charge in [0.1, 0.15) is 6.07 Å². The lowest BCUT2D eigenvalue weighted by molar-refractivity contribution is -0.138. The lowest BCUT2D eigenvalue weighted by atomic mass is 10.3. The molecule has 1 heterocycles. The van der Waals surface area contributed by atoms with Crippen LogP contribution >= 0.6 is 0 Å². The Labute approximate surface area is 156 Å². The van der Waals surface area contributed by atoms with Crippen LogP contribution < -0.4 is 0 Å². The molecule has 0 amide bonds. The topological polar surface area (TPSA) is 142 Å². The molecule has 0 atom stereocenters. The number of aliphatic hydroxyl groups is 1. The van der Waals surface area contributed by atoms with Crippen molar-refractivity contribution in [3.8, 4) is 6.07 Å². The third kappa shape index (κ3) is 5.10. The van der Waals surface area contributed by atoms with E-state index >= 15 is 0 Å². The van der Waals surface area contributed by atoms with Gasteiger partial charge in [0.2, 0.25) is 21.5 Å². The van der Waals surface area contributed by atoms with Crippen LogP contribution in [0.15, 0.2) is 50.8 Å². The Balaban J connectivity index is 2.30. The Morgan fingerprint density at radius 1 is 1.41 bits per heavy atom. The molecule has 1 aromatic rings. The van der Waals surface area contributed by atoms with Gasteiger partial charge >= 0.3 is 5.97 Å². The standard InChI is InChI=1S/C16H18N4O6S/c1-2-26-16(22)15(14(21)11-17)19-18-12-4-3-5-13(10-12)27(23,24)20-6-8-25-9-7-20/h3-5,10,21H,2,6-9H2,1H3/b15-14-,19-18?. The van der Waals surface area contributed by atoms with Crippen molar-refractivity contribution in [3.05, 3.63) is 35.7 Å². The lowest BCUT2D eigenvalue weighted by Gasteiger charge is -2.26. The van der Waals surface area contributed by atoms with E-state index in [-0.39, 0.29) is 30.3 Å². The molecule has 1 fully saturated rings. The van der Waals surface area contributed by atoms with Crippen molar-refractivity contribution >= 4 is 21.7 Å². The number of carbonyl (C=O) groups is 1. The van der Waals surface area contributed by atoms with Gasteiger partial charge in [-0.25, -0.2) is 13.2 Å². The fourth-order valence-corrected chi connectivity index (χ4v) is 3.64. The molecule has 27 heavy (non-hydrogen) atoms. The van der Waals surface area contributed by atoms with Crippen LogP contribution in [0.1, 0.15) is 6.92 Å². The van der Waals surface area contributed by atoms with Crippen molar-refractivity contribution in [2.45, 2.75) is 11.8 Å². The Morgan fingerprint density at radius 2 is 2.11 bits per heavy atom. The zero-order valence-corrected chi connectivity index (χ0v) is 15.3. The highest BCUT2D eigenvalue weighted by molar-refractivity contribution is 7.89. The number of rotatable bonds is 6. The van der Waals surface area contributed by atoms with Crippen molar-refractivity contribution in [1.82, 2.24) is 4.31 Å². The molecule has 11 heteroatoms. The van der Waals surface area contributed by atoms with Gasteiger partial charge in [0, 0.05) is 13.1 Å². The quantitative estimate of drug-likeness (QED) is 0.193. The summed E-state index contributed by atoms with van der Waals surface area (Å²) < 4.78 is 36.5. The number of allylic oxidation sites excluding steroid dienone is 1. The zero-order chi connectivity index (χ0) is 19.9. The molecule has 10 nitrogen and oxygen atoms in total. The predicted molar refractivity (Wildman–Crippen MR) is 92.4 cm³/mol. The maximum atomic E-state index is 12.7. The smallest absolute Gasteiger partial charge is 0.363 e. The molecule has 1 aliphatic rings. The summed E-state index contributed by atoms with van der Waals surface area (Å²) in [6.45, 7) is 2.71. The molecule has 1 aromatic carbocycles. The molecule has 0 radical (unpaired) electrons. The van der Waals surface area contributed by atoms with Crippen LogP contribution in [-0.2, 0) is 24.3 Å². The van der Waals surface area contributed by atoms with Gasteiger partial charge < -0.3 is 14.6 Å². The first kappa shape index (κ1) is 20.5. The van der Waals surface area contributed by atoms with Gasteiger partial charge in [-0.2, -0.15) is 14.7 Å². The molecule has 1 N–H and O–H groups in total. The number of nitriles is 1. The van der Waals surface area contributed by atoms with Crippen molar-refractivity contribution < 1.29 is 27.8 Å². The van der Waals surface area contributed by atoms with Crippen LogP contribution in [0.3, 0.4) is 0 Å². The Bertz CT molecular complexity index is 898. The molecule has 144 valence electrons. The first-order valence-corrected chi connectivity index (χ1v) is 9.44. The zero-order valence-electron chi connectivity index (χ0n) is 14.5. The SMILES string of the molecule is CCOC(=O)/C(N=Nc1cccc(S(=O)(=O)N2CCOCC2)c1)=C(/O)C#N. The van der Waals surface area contributed by atoms with Crippen LogP contribution in [0.4, 0.5) is 5.69 Å². The molecule has 0 aliphatic carbocycles. The second-order valence-corrected chi connectivity index (χ2v) is 7.18. The van der Waals surface area contributed by atoms with E-state index in [1.165, 1.54) is 34.6 Å². The number of aliphatic hydroxyl groups excluding tert-OH is 1. The number of nitrogens with zero attached hydrogens (tertiary/aromatic N) is 4. The Morgan fingerprint density at radius 3 is 2.74 bits per heavy atom. The molecule has 1 saturated heterocycles. The Kier molecular flexibility index (Phi) is 7.00. The van der Waals surface area contributed by atoms with E-state index in [9.17, 15) is 18.3 Å². The minimum Gasteiger partial charge on any atom is -0.498 e. The highest BCUT2D eigenvalue weighted by Crippen LogP contribution is 2.23. The van der Waals surface area contributed by atoms with Gasteiger partial charge in [0.05, 0.1) is 30.4 Å². The number of ether oxygens (including phenoxy) is 2. The van der Waals surface area contributed by atoms with Crippen molar-refractivity contribution in [1.29, 1.82) is 5.26 Å². The molecule has 0 saturated carbocycles. The molecule has 2 rings (SSSR count). The average molecular weight is 394 g/mol. The monoisotopic (exact) mass is 394 g/mol. The Hall–Kier alpha value is -2.81. The summed E-state index contributed by atoms with van der Waals surface area (Å²) in [4.78, 5) is 11.7. The largest absolute Gasteiger partial charge is 0.498 e. The molecular weight excluding hydrogens is 376 g/mol. The summed E-state index contributed by atoms with van der Waals surface area (Å²) in [5.41, 5.74) is -0.544. The van der Waals surface area contributed by atoms with E-state index in [2.05, 4.69) is 10.2 Å². The van der Waals surface area contributed by atoms with Crippen molar-refractivity contribution in [2.24, 2.45) is 10.2 Å². The van der Waals surface area contributed by atoms with E-state index in [4.69, 9.17) is 14.7 Å². The summed E-state index contributed by atoms with van der Waals surface area (Å²) in [6.07, 6.45) is 0. The first-order chi connectivity index (χ1) is 12.9. The van der Waals surface area contributed by atoms with Gasteiger partial charge in [-0.05, 0) is 25.1 Å². The molecule has 0 aromatic heterocycles. The number of morpholine rings is 1. The van der Waals surface area contributed by atoms with Gasteiger partial charge in [-0.15, -0.1) is 5.11 Å². The summed E-state index contributed by atoms with van der Waals surface area (Å²) in [7, 11) is -3.72. The number of benzene rings is 1. The summed E-state index contributed by atoms with van der Waals surface area (Å²) in [6, 6.07) is 7.02. The molecule has 0 spiro atoms. The lowest BCUT2D eigenvalue weighted by Crippen LogP contribution is -2.40. The van der Waals surface area contributed by atoms with Crippen LogP contribution in [0.2, 0.25) is 0 Å². The second-order valence-electron chi connectivity index (χ2n) is 5.24. The van der Waals surface area contributed by atoms with Crippen LogP contribution in [0.5, 0.6) is 0 Å². The predicted octanol–water partition coefficient (Wildman–Crippen LogP) is 1.65. The normalized spacial score (nSPS) is 16.6. The van der Waals surface area contributed by atoms with Gasteiger partial charge in [0.25, 0.3) is 0 Å². The summed E-state index contributed by atoms with van der Waals surface area (Å²) in [5.74, 6) is -1.97. The number of hydrogen-bond acceptors (Lipinski definition) is 9. The maximum absolute atomic E-state index is 12.7. The van der Waals surface area contributed by atoms with E-state index in [1.54, 1.807) is 6.92 Å². The van der Waals surface area contributed by atoms with E-state index < -0.39 is 27.4 Å². The minimum atomic E-state index is -3.72. The third-order valence-electron chi connectivity index (χ3n) is 3.49. The van der Waals surface area contributed by atoms with Crippen LogP contribution in [0.25, 0.3) is 0 Å². The summed E-state index contributed by atoms with van der Waals surface area (Å²) >= 11 is 0. The van der Waals surface area contributed by atoms with Gasteiger partial charge in [-0.1, -0.05) is 6.07 Å². The number of hydrogen-bond donors (Lipinski definition) is 1.